The van der Waals surface area contributed by atoms with Crippen LogP contribution in [0.3, 0.4) is 0 Å². The molecule has 0 spiro atoms. The Morgan fingerprint density at radius 2 is 1.67 bits per heavy atom. The van der Waals surface area contributed by atoms with Crippen molar-refractivity contribution in [2.45, 2.75) is 0 Å². The van der Waals surface area contributed by atoms with Gasteiger partial charge in [-0.05, 0) is 40.2 Å². The second-order valence-corrected chi connectivity index (χ2v) is 3.66. The molecule has 0 unspecified atom stereocenters. The average Bonchev–Trinajstić information content (AvgIpc) is 2.25. The summed E-state index contributed by atoms with van der Waals surface area (Å²) in [7, 11) is 0. The van der Waals surface area contributed by atoms with Crippen LogP contribution in [-0.4, -0.2) is 9.97 Å². The summed E-state index contributed by atoms with van der Waals surface area (Å²) in [5.41, 5.74) is 0. The summed E-state index contributed by atoms with van der Waals surface area (Å²) >= 11 is 3.21. The number of hydrogen-bond donors (Lipinski definition) is 0. The minimum Gasteiger partial charge on any atom is -0.424 e. The quantitative estimate of drug-likeness (QED) is 0.839. The fourth-order valence-electron chi connectivity index (χ4n) is 0.961. The molecule has 1 aromatic carbocycles. The topological polar surface area (TPSA) is 35.0 Å². The van der Waals surface area contributed by atoms with Crippen LogP contribution in [0, 0.1) is 5.82 Å². The van der Waals surface area contributed by atoms with E-state index < -0.39 is 0 Å². The zero-order chi connectivity index (χ0) is 10.7. The molecule has 0 aliphatic rings. The summed E-state index contributed by atoms with van der Waals surface area (Å²) < 4.78 is 18.6. The molecule has 15 heavy (non-hydrogen) atoms. The van der Waals surface area contributed by atoms with Crippen LogP contribution in [0.2, 0.25) is 0 Å². The van der Waals surface area contributed by atoms with Crippen molar-refractivity contribution in [2.75, 3.05) is 0 Å². The van der Waals surface area contributed by atoms with Crippen LogP contribution in [0.25, 0.3) is 0 Å². The Labute approximate surface area is 94.1 Å². The number of rotatable bonds is 2. The van der Waals surface area contributed by atoms with Crippen molar-refractivity contribution in [3.8, 4) is 11.8 Å². The molecule has 76 valence electrons. The maximum absolute atomic E-state index is 12.6. The lowest BCUT2D eigenvalue weighted by atomic mass is 10.3. The fourth-order valence-corrected chi connectivity index (χ4v) is 1.17. The summed E-state index contributed by atoms with van der Waals surface area (Å²) in [5.74, 6) is 0.192. The SMILES string of the molecule is Fc1ccc(Oc2ncc(Br)cn2)cc1. The number of ether oxygens (including phenoxy) is 1. The highest BCUT2D eigenvalue weighted by Crippen LogP contribution is 2.18. The van der Waals surface area contributed by atoms with Crippen molar-refractivity contribution >= 4 is 15.9 Å². The van der Waals surface area contributed by atoms with Crippen LogP contribution in [-0.2, 0) is 0 Å². The standard InChI is InChI=1S/C10H6BrFN2O/c11-7-5-13-10(14-6-7)15-9-3-1-8(12)2-4-9/h1-6H. The molecule has 3 nitrogen and oxygen atoms in total. The van der Waals surface area contributed by atoms with Gasteiger partial charge in [-0.3, -0.25) is 0 Å². The minimum atomic E-state index is -0.306. The van der Waals surface area contributed by atoms with E-state index in [1.54, 1.807) is 12.4 Å². The highest BCUT2D eigenvalue weighted by atomic mass is 79.9. The third-order valence-electron chi connectivity index (χ3n) is 1.62. The highest BCUT2D eigenvalue weighted by Gasteiger charge is 1.99. The molecule has 0 radical (unpaired) electrons. The van der Waals surface area contributed by atoms with E-state index in [2.05, 4.69) is 25.9 Å². The maximum Gasteiger partial charge on any atom is 0.321 e. The van der Waals surface area contributed by atoms with Crippen molar-refractivity contribution in [1.82, 2.24) is 9.97 Å². The fraction of sp³-hybridized carbons (Fsp3) is 0. The molecule has 1 heterocycles. The van der Waals surface area contributed by atoms with Crippen molar-refractivity contribution in [3.05, 3.63) is 46.9 Å². The van der Waals surface area contributed by atoms with Crippen LogP contribution in [0.1, 0.15) is 0 Å². The molecular weight excluding hydrogens is 263 g/mol. The third kappa shape index (κ3) is 2.73. The number of aromatic nitrogens is 2. The predicted octanol–water partition coefficient (Wildman–Crippen LogP) is 3.17. The number of hydrogen-bond acceptors (Lipinski definition) is 3. The molecule has 2 aromatic rings. The predicted molar refractivity (Wildman–Crippen MR) is 56.2 cm³/mol. The first-order valence-corrected chi connectivity index (χ1v) is 4.94. The smallest absolute Gasteiger partial charge is 0.321 e. The Morgan fingerprint density at radius 3 is 2.27 bits per heavy atom. The van der Waals surface area contributed by atoms with Crippen LogP contribution in [0.4, 0.5) is 4.39 Å². The van der Waals surface area contributed by atoms with E-state index in [4.69, 9.17) is 4.74 Å². The number of benzene rings is 1. The van der Waals surface area contributed by atoms with Crippen molar-refractivity contribution in [2.24, 2.45) is 0 Å². The van der Waals surface area contributed by atoms with Crippen LogP contribution < -0.4 is 4.74 Å². The largest absolute Gasteiger partial charge is 0.424 e. The Kier molecular flexibility index (Phi) is 2.91. The van der Waals surface area contributed by atoms with E-state index in [1.807, 2.05) is 0 Å². The third-order valence-corrected chi connectivity index (χ3v) is 2.03. The van der Waals surface area contributed by atoms with Gasteiger partial charge >= 0.3 is 6.01 Å². The normalized spacial score (nSPS) is 10.0. The van der Waals surface area contributed by atoms with Gasteiger partial charge in [0, 0.05) is 12.4 Å². The molecule has 0 saturated heterocycles. The zero-order valence-electron chi connectivity index (χ0n) is 7.52. The molecule has 0 atom stereocenters. The second kappa shape index (κ2) is 4.35. The summed E-state index contributed by atoms with van der Waals surface area (Å²) in [4.78, 5) is 7.84. The maximum atomic E-state index is 12.6. The summed E-state index contributed by atoms with van der Waals surface area (Å²) in [5, 5.41) is 0. The van der Waals surface area contributed by atoms with Gasteiger partial charge in [0.15, 0.2) is 0 Å². The Hall–Kier alpha value is -1.49. The van der Waals surface area contributed by atoms with Gasteiger partial charge in [-0.15, -0.1) is 0 Å². The van der Waals surface area contributed by atoms with Gasteiger partial charge in [-0.2, -0.15) is 0 Å². The zero-order valence-corrected chi connectivity index (χ0v) is 9.11. The molecule has 1 aromatic heterocycles. The van der Waals surface area contributed by atoms with Crippen LogP contribution in [0.5, 0.6) is 11.8 Å². The molecule has 0 amide bonds. The number of halogens is 2. The van der Waals surface area contributed by atoms with Crippen LogP contribution >= 0.6 is 15.9 Å². The molecule has 0 aliphatic carbocycles. The monoisotopic (exact) mass is 268 g/mol. The first kappa shape index (κ1) is 10.0. The van der Waals surface area contributed by atoms with E-state index >= 15 is 0 Å². The molecule has 0 aliphatic heterocycles. The van der Waals surface area contributed by atoms with Gasteiger partial charge in [-0.25, -0.2) is 14.4 Å². The molecule has 0 bridgehead atoms. The minimum absolute atomic E-state index is 0.227. The summed E-state index contributed by atoms with van der Waals surface area (Å²) in [6.07, 6.45) is 3.15. The van der Waals surface area contributed by atoms with Gasteiger partial charge < -0.3 is 4.74 Å². The van der Waals surface area contributed by atoms with E-state index in [0.717, 1.165) is 4.47 Å². The van der Waals surface area contributed by atoms with Crippen molar-refractivity contribution < 1.29 is 9.13 Å². The van der Waals surface area contributed by atoms with Gasteiger partial charge in [0.1, 0.15) is 11.6 Å². The first-order valence-electron chi connectivity index (χ1n) is 4.15. The Balaban J connectivity index is 2.15. The Bertz CT molecular complexity index is 400. The highest BCUT2D eigenvalue weighted by molar-refractivity contribution is 9.10. The van der Waals surface area contributed by atoms with E-state index in [9.17, 15) is 4.39 Å². The lowest BCUT2D eigenvalue weighted by Gasteiger charge is -2.02. The average molecular weight is 269 g/mol. The van der Waals surface area contributed by atoms with Crippen molar-refractivity contribution in [3.63, 3.8) is 0 Å². The summed E-state index contributed by atoms with van der Waals surface area (Å²) in [6.45, 7) is 0. The van der Waals surface area contributed by atoms with Crippen LogP contribution in [0.15, 0.2) is 41.1 Å². The lowest BCUT2D eigenvalue weighted by Crippen LogP contribution is -1.90. The first-order chi connectivity index (χ1) is 7.24. The van der Waals surface area contributed by atoms with Gasteiger partial charge in [0.25, 0.3) is 0 Å². The van der Waals surface area contributed by atoms with Gasteiger partial charge in [-0.1, -0.05) is 0 Å². The van der Waals surface area contributed by atoms with Gasteiger partial charge in [0.2, 0.25) is 0 Å². The second-order valence-electron chi connectivity index (χ2n) is 2.74. The molecule has 5 heteroatoms. The summed E-state index contributed by atoms with van der Waals surface area (Å²) in [6, 6.07) is 5.88. The van der Waals surface area contributed by atoms with E-state index in [1.165, 1.54) is 24.3 Å². The molecule has 2 rings (SSSR count). The molecular formula is C10H6BrFN2O. The van der Waals surface area contributed by atoms with E-state index in [-0.39, 0.29) is 11.8 Å². The van der Waals surface area contributed by atoms with E-state index in [0.29, 0.717) is 5.75 Å². The van der Waals surface area contributed by atoms with Crippen molar-refractivity contribution in [1.29, 1.82) is 0 Å². The molecule has 0 fully saturated rings. The number of nitrogens with zero attached hydrogens (tertiary/aromatic N) is 2. The van der Waals surface area contributed by atoms with Gasteiger partial charge in [0.05, 0.1) is 4.47 Å². The Morgan fingerprint density at radius 1 is 1.07 bits per heavy atom. The molecule has 0 N–H and O–H groups in total. The lowest BCUT2D eigenvalue weighted by molar-refractivity contribution is 0.440. The molecule has 0 saturated carbocycles.